The molecule has 36 heavy (non-hydrogen) atoms. The normalized spacial score (nSPS) is 18.1. The lowest BCUT2D eigenvalue weighted by Crippen LogP contribution is -2.46. The summed E-state index contributed by atoms with van der Waals surface area (Å²) in [7, 11) is -3.89. The molecule has 0 radical (unpaired) electrons. The van der Waals surface area contributed by atoms with E-state index < -0.39 is 28.0 Å². The molecule has 2 N–H and O–H groups in total. The molecule has 1 saturated heterocycles. The van der Waals surface area contributed by atoms with Gasteiger partial charge in [0.15, 0.2) is 0 Å². The van der Waals surface area contributed by atoms with Crippen LogP contribution in [0, 0.1) is 0 Å². The van der Waals surface area contributed by atoms with Crippen LogP contribution in [0.5, 0.6) is 0 Å². The van der Waals surface area contributed by atoms with Crippen molar-refractivity contribution in [3.8, 4) is 0 Å². The number of rotatable bonds is 7. The zero-order valence-corrected chi connectivity index (χ0v) is 20.3. The van der Waals surface area contributed by atoms with Crippen molar-refractivity contribution in [1.29, 1.82) is 0 Å². The highest BCUT2D eigenvalue weighted by atomic mass is 32.2. The highest BCUT2D eigenvalue weighted by Crippen LogP contribution is 2.36. The number of carbonyl (C=O) groups is 3. The van der Waals surface area contributed by atoms with Crippen LogP contribution in [-0.4, -0.2) is 78.5 Å². The number of aliphatic carboxylic acids is 2. The number of carbonyl (C=O) groups excluding carboxylic acids is 1. The maximum Gasteiger partial charge on any atom is 0.328 e. The number of nitrogens with zero attached hydrogens (tertiary/aromatic N) is 2. The van der Waals surface area contributed by atoms with Gasteiger partial charge in [-0.1, -0.05) is 48.5 Å². The van der Waals surface area contributed by atoms with Gasteiger partial charge in [-0.2, -0.15) is 0 Å². The number of carboxylic acid groups (broad SMARTS) is 2. The Morgan fingerprint density at radius 2 is 1.53 bits per heavy atom. The largest absolute Gasteiger partial charge is 0.478 e. The molecule has 11 heteroatoms. The summed E-state index contributed by atoms with van der Waals surface area (Å²) in [6.07, 6.45) is 1.78. The van der Waals surface area contributed by atoms with Gasteiger partial charge in [0.05, 0.1) is 30.6 Å². The minimum absolute atomic E-state index is 0.107. The smallest absolute Gasteiger partial charge is 0.328 e. The molecule has 2 aromatic rings. The summed E-state index contributed by atoms with van der Waals surface area (Å²) in [5.41, 5.74) is 1.41. The van der Waals surface area contributed by atoms with Crippen molar-refractivity contribution in [1.82, 2.24) is 9.21 Å². The molecule has 0 aromatic heterocycles. The average Bonchev–Trinajstić information content (AvgIpc) is 2.86. The van der Waals surface area contributed by atoms with E-state index in [4.69, 9.17) is 14.9 Å². The van der Waals surface area contributed by atoms with E-state index in [9.17, 15) is 22.8 Å². The summed E-state index contributed by atoms with van der Waals surface area (Å²) in [5, 5.41) is 15.6. The van der Waals surface area contributed by atoms with Gasteiger partial charge in [0, 0.05) is 31.8 Å². The molecule has 1 amide bonds. The van der Waals surface area contributed by atoms with Gasteiger partial charge < -0.3 is 14.9 Å². The van der Waals surface area contributed by atoms with Crippen molar-refractivity contribution in [2.75, 3.05) is 32.8 Å². The maximum absolute atomic E-state index is 13.4. The van der Waals surface area contributed by atoms with Crippen molar-refractivity contribution in [2.24, 2.45) is 0 Å². The topological polar surface area (TPSA) is 142 Å². The van der Waals surface area contributed by atoms with Gasteiger partial charge >= 0.3 is 11.9 Å². The Bertz CT molecular complexity index is 1190. The van der Waals surface area contributed by atoms with E-state index in [1.165, 1.54) is 0 Å². The molecule has 2 aliphatic rings. The molecule has 0 aliphatic carbocycles. The van der Waals surface area contributed by atoms with Crippen molar-refractivity contribution in [3.63, 3.8) is 0 Å². The zero-order valence-electron chi connectivity index (χ0n) is 19.5. The van der Waals surface area contributed by atoms with Crippen LogP contribution in [0.3, 0.4) is 0 Å². The number of hydrogen-bond acceptors (Lipinski definition) is 7. The summed E-state index contributed by atoms with van der Waals surface area (Å²) in [4.78, 5) is 34.6. The van der Waals surface area contributed by atoms with E-state index in [0.29, 0.717) is 43.9 Å². The van der Waals surface area contributed by atoms with E-state index >= 15 is 0 Å². The number of hydrogen-bond donors (Lipinski definition) is 2. The van der Waals surface area contributed by atoms with E-state index in [1.54, 1.807) is 24.3 Å². The third-order valence-corrected chi connectivity index (χ3v) is 7.69. The molecule has 4 rings (SSSR count). The standard InChI is InChI=1S/C21H24N2O4S.C4H4O4/c24-21-16-18-8-4-5-9-20(18)28(25,26)23(21)19(17-6-2-1-3-7-17)10-11-22-12-14-27-15-13-22;5-3(6)1-2-4(7)8/h1-9,19H,10-16H2;1-2H,(H,5,6)(H,7,8). The zero-order chi connectivity index (χ0) is 26.1. The van der Waals surface area contributed by atoms with Crippen LogP contribution in [0.25, 0.3) is 0 Å². The van der Waals surface area contributed by atoms with Crippen LogP contribution >= 0.6 is 0 Å². The van der Waals surface area contributed by atoms with Crippen molar-refractivity contribution >= 4 is 27.9 Å². The predicted octanol–water partition coefficient (Wildman–Crippen LogP) is 1.94. The van der Waals surface area contributed by atoms with Gasteiger partial charge in [0.1, 0.15) is 0 Å². The second-order valence-corrected chi connectivity index (χ2v) is 9.94. The van der Waals surface area contributed by atoms with Crippen molar-refractivity contribution < 1.29 is 37.8 Å². The maximum atomic E-state index is 13.4. The summed E-state index contributed by atoms with van der Waals surface area (Å²) >= 11 is 0. The minimum Gasteiger partial charge on any atom is -0.478 e. The Labute approximate surface area is 209 Å². The second kappa shape index (κ2) is 12.4. The van der Waals surface area contributed by atoms with Gasteiger partial charge in [-0.3, -0.25) is 9.69 Å². The molecular formula is C25H28N2O8S. The number of ether oxygens (including phenoxy) is 1. The molecule has 10 nitrogen and oxygen atoms in total. The van der Waals surface area contributed by atoms with E-state index in [2.05, 4.69) is 4.90 Å². The Morgan fingerprint density at radius 1 is 0.944 bits per heavy atom. The van der Waals surface area contributed by atoms with Gasteiger partial charge in [0.25, 0.3) is 10.0 Å². The Kier molecular flexibility index (Phi) is 9.34. The highest BCUT2D eigenvalue weighted by Gasteiger charge is 2.41. The second-order valence-electron chi connectivity index (χ2n) is 8.16. The van der Waals surface area contributed by atoms with Crippen molar-refractivity contribution in [2.45, 2.75) is 23.8 Å². The molecule has 2 aromatic carbocycles. The van der Waals surface area contributed by atoms with Crippen LogP contribution in [0.1, 0.15) is 23.6 Å². The van der Waals surface area contributed by atoms with Crippen molar-refractivity contribution in [3.05, 3.63) is 77.9 Å². The van der Waals surface area contributed by atoms with E-state index in [0.717, 1.165) is 23.0 Å². The lowest BCUT2D eigenvalue weighted by atomic mass is 10.0. The fraction of sp³-hybridized carbons (Fsp3) is 0.320. The first-order valence-electron chi connectivity index (χ1n) is 11.3. The number of benzene rings is 2. The Balaban J connectivity index is 0.000000392. The molecule has 1 fully saturated rings. The quantitative estimate of drug-likeness (QED) is 0.528. The Morgan fingerprint density at radius 3 is 2.14 bits per heavy atom. The number of morpholine rings is 1. The molecule has 0 spiro atoms. The highest BCUT2D eigenvalue weighted by molar-refractivity contribution is 7.89. The molecule has 1 unspecified atom stereocenters. The van der Waals surface area contributed by atoms with Crippen LogP contribution in [0.4, 0.5) is 0 Å². The summed E-state index contributed by atoms with van der Waals surface area (Å²) in [6, 6.07) is 15.7. The summed E-state index contributed by atoms with van der Waals surface area (Å²) in [5.74, 6) is -2.88. The summed E-state index contributed by atoms with van der Waals surface area (Å²) in [6.45, 7) is 3.73. The molecule has 1 atom stereocenters. The number of fused-ring (bicyclic) bond motifs is 1. The molecule has 192 valence electrons. The third-order valence-electron chi connectivity index (χ3n) is 5.76. The molecule has 0 bridgehead atoms. The SMILES string of the molecule is O=C(O)C=CC(=O)O.O=C1Cc2ccccc2S(=O)(=O)N1C(CCN1CCOCC1)c1ccccc1. The van der Waals surface area contributed by atoms with E-state index in [1.807, 2.05) is 30.3 Å². The first-order valence-corrected chi connectivity index (χ1v) is 12.8. The lowest BCUT2D eigenvalue weighted by Gasteiger charge is -2.36. The van der Waals surface area contributed by atoms with Gasteiger partial charge in [0.2, 0.25) is 5.91 Å². The van der Waals surface area contributed by atoms with Gasteiger partial charge in [-0.05, 0) is 23.6 Å². The predicted molar refractivity (Wildman–Crippen MR) is 130 cm³/mol. The monoisotopic (exact) mass is 516 g/mol. The number of sulfonamides is 1. The van der Waals surface area contributed by atoms with Crippen LogP contribution in [0.2, 0.25) is 0 Å². The molecular weight excluding hydrogens is 488 g/mol. The first-order chi connectivity index (χ1) is 17.2. The molecule has 2 heterocycles. The Hall–Kier alpha value is -3.54. The van der Waals surface area contributed by atoms with Crippen LogP contribution < -0.4 is 0 Å². The fourth-order valence-corrected chi connectivity index (χ4v) is 5.92. The van der Waals surface area contributed by atoms with Gasteiger partial charge in [-0.25, -0.2) is 22.3 Å². The third kappa shape index (κ3) is 7.00. The lowest BCUT2D eigenvalue weighted by molar-refractivity contribution is -0.134. The number of carboxylic acids is 2. The van der Waals surface area contributed by atoms with E-state index in [-0.39, 0.29) is 17.2 Å². The van der Waals surface area contributed by atoms with Gasteiger partial charge in [-0.15, -0.1) is 0 Å². The fourth-order valence-electron chi connectivity index (χ4n) is 4.09. The first kappa shape index (κ1) is 27.1. The van der Waals surface area contributed by atoms with Crippen LogP contribution in [0.15, 0.2) is 71.6 Å². The minimum atomic E-state index is -3.89. The molecule has 0 saturated carbocycles. The summed E-state index contributed by atoms with van der Waals surface area (Å²) < 4.78 is 33.2. The van der Waals surface area contributed by atoms with Crippen LogP contribution in [-0.2, 0) is 35.6 Å². The number of amides is 1. The average molecular weight is 517 g/mol. The molecule has 2 aliphatic heterocycles.